The van der Waals surface area contributed by atoms with E-state index in [2.05, 4.69) is 12.2 Å². The summed E-state index contributed by atoms with van der Waals surface area (Å²) < 4.78 is 1.92. The zero-order chi connectivity index (χ0) is 13.7. The first-order chi connectivity index (χ1) is 9.22. The number of aliphatic hydroxyl groups is 1. The van der Waals surface area contributed by atoms with Crippen LogP contribution in [0.15, 0.2) is 35.2 Å². The Kier molecular flexibility index (Phi) is 4.76. The van der Waals surface area contributed by atoms with Crippen LogP contribution < -0.4 is 5.32 Å². The zero-order valence-corrected chi connectivity index (χ0v) is 11.7. The van der Waals surface area contributed by atoms with Gasteiger partial charge in [-0.25, -0.2) is 0 Å². The molecule has 1 amide bonds. The van der Waals surface area contributed by atoms with Crippen molar-refractivity contribution >= 4 is 17.2 Å². The van der Waals surface area contributed by atoms with E-state index in [0.29, 0.717) is 5.69 Å². The van der Waals surface area contributed by atoms with Gasteiger partial charge in [0.25, 0.3) is 5.91 Å². The summed E-state index contributed by atoms with van der Waals surface area (Å²) in [5, 5.41) is 16.5. The van der Waals surface area contributed by atoms with Gasteiger partial charge in [0.2, 0.25) is 0 Å². The Balaban J connectivity index is 1.92. The SMILES string of the molecule is CCCn1cccc1C(=O)NCC(O)c1ccsc1. The van der Waals surface area contributed by atoms with Crippen LogP contribution >= 0.6 is 11.3 Å². The van der Waals surface area contributed by atoms with Crippen LogP contribution in [-0.2, 0) is 6.54 Å². The number of nitrogens with zero attached hydrogens (tertiary/aromatic N) is 1. The number of aromatic nitrogens is 1. The maximum atomic E-state index is 12.0. The Morgan fingerprint density at radius 1 is 1.53 bits per heavy atom. The van der Waals surface area contributed by atoms with Crippen LogP contribution in [-0.4, -0.2) is 22.1 Å². The highest BCUT2D eigenvalue weighted by Gasteiger charge is 2.13. The second kappa shape index (κ2) is 6.54. The van der Waals surface area contributed by atoms with Gasteiger partial charge in [-0.15, -0.1) is 0 Å². The number of thiophene rings is 1. The molecule has 0 aromatic carbocycles. The van der Waals surface area contributed by atoms with Gasteiger partial charge in [0.15, 0.2) is 0 Å². The molecule has 0 aliphatic heterocycles. The highest BCUT2D eigenvalue weighted by Crippen LogP contribution is 2.15. The number of amides is 1. The molecule has 1 atom stereocenters. The van der Waals surface area contributed by atoms with Crippen LogP contribution in [0.25, 0.3) is 0 Å². The van der Waals surface area contributed by atoms with Crippen LogP contribution in [0.4, 0.5) is 0 Å². The summed E-state index contributed by atoms with van der Waals surface area (Å²) >= 11 is 1.53. The predicted molar refractivity (Wildman–Crippen MR) is 76.3 cm³/mol. The summed E-state index contributed by atoms with van der Waals surface area (Å²) in [5.74, 6) is -0.146. The molecule has 0 bridgehead atoms. The van der Waals surface area contributed by atoms with Crippen LogP contribution in [0.5, 0.6) is 0 Å². The molecule has 5 heteroatoms. The van der Waals surface area contributed by atoms with Gasteiger partial charge in [0.1, 0.15) is 5.69 Å². The minimum Gasteiger partial charge on any atom is -0.387 e. The lowest BCUT2D eigenvalue weighted by atomic mass is 10.2. The van der Waals surface area contributed by atoms with Crippen molar-refractivity contribution in [2.75, 3.05) is 6.54 Å². The molecule has 2 rings (SSSR count). The molecular formula is C14H18N2O2S. The summed E-state index contributed by atoms with van der Waals surface area (Å²) in [6.07, 6.45) is 2.23. The lowest BCUT2D eigenvalue weighted by Crippen LogP contribution is -2.29. The van der Waals surface area contributed by atoms with Gasteiger partial charge in [0.05, 0.1) is 6.10 Å². The van der Waals surface area contributed by atoms with Crippen molar-refractivity contribution in [1.82, 2.24) is 9.88 Å². The van der Waals surface area contributed by atoms with Gasteiger partial charge < -0.3 is 15.0 Å². The van der Waals surface area contributed by atoms with Crippen LogP contribution in [0.1, 0.15) is 35.5 Å². The summed E-state index contributed by atoms with van der Waals surface area (Å²) in [7, 11) is 0. The van der Waals surface area contributed by atoms with Gasteiger partial charge >= 0.3 is 0 Å². The molecule has 0 fully saturated rings. The van der Waals surface area contributed by atoms with E-state index >= 15 is 0 Å². The Morgan fingerprint density at radius 2 is 2.37 bits per heavy atom. The molecule has 0 saturated carbocycles. The van der Waals surface area contributed by atoms with E-state index < -0.39 is 6.10 Å². The van der Waals surface area contributed by atoms with Gasteiger partial charge in [-0.3, -0.25) is 4.79 Å². The molecule has 2 aromatic heterocycles. The average Bonchev–Trinajstić information content (AvgIpc) is 3.06. The van der Waals surface area contributed by atoms with E-state index in [9.17, 15) is 9.90 Å². The molecule has 2 aromatic rings. The number of hydrogen-bond acceptors (Lipinski definition) is 3. The Hall–Kier alpha value is -1.59. The molecule has 4 nitrogen and oxygen atoms in total. The highest BCUT2D eigenvalue weighted by atomic mass is 32.1. The molecule has 0 saturated heterocycles. The number of aliphatic hydroxyl groups excluding tert-OH is 1. The third-order valence-corrected chi connectivity index (χ3v) is 3.61. The lowest BCUT2D eigenvalue weighted by molar-refractivity contribution is 0.0907. The van der Waals surface area contributed by atoms with E-state index in [1.165, 1.54) is 11.3 Å². The van der Waals surface area contributed by atoms with Gasteiger partial charge in [-0.1, -0.05) is 6.92 Å². The molecule has 19 heavy (non-hydrogen) atoms. The molecule has 102 valence electrons. The number of rotatable bonds is 6. The lowest BCUT2D eigenvalue weighted by Gasteiger charge is -2.12. The molecule has 0 radical (unpaired) electrons. The highest BCUT2D eigenvalue weighted by molar-refractivity contribution is 7.07. The van der Waals surface area contributed by atoms with Gasteiger partial charge in [-0.2, -0.15) is 11.3 Å². The van der Waals surface area contributed by atoms with Gasteiger partial charge in [-0.05, 0) is 40.9 Å². The van der Waals surface area contributed by atoms with E-state index in [-0.39, 0.29) is 12.5 Å². The Labute approximate surface area is 116 Å². The predicted octanol–water partition coefficient (Wildman–Crippen LogP) is 2.42. The van der Waals surface area contributed by atoms with Gasteiger partial charge in [0, 0.05) is 19.3 Å². The summed E-state index contributed by atoms with van der Waals surface area (Å²) in [6, 6.07) is 5.52. The summed E-state index contributed by atoms with van der Waals surface area (Å²) in [4.78, 5) is 12.0. The van der Waals surface area contributed by atoms with Crippen molar-refractivity contribution in [3.05, 3.63) is 46.4 Å². The molecular weight excluding hydrogens is 260 g/mol. The van der Waals surface area contributed by atoms with E-state index in [4.69, 9.17) is 0 Å². The third-order valence-electron chi connectivity index (χ3n) is 2.91. The summed E-state index contributed by atoms with van der Waals surface area (Å²) in [5.41, 5.74) is 1.48. The van der Waals surface area contributed by atoms with Crippen molar-refractivity contribution in [2.45, 2.75) is 26.0 Å². The normalized spacial score (nSPS) is 12.3. The number of carbonyl (C=O) groups excluding carboxylic acids is 1. The second-order valence-corrected chi connectivity index (χ2v) is 5.15. The Morgan fingerprint density at radius 3 is 3.05 bits per heavy atom. The van der Waals surface area contributed by atoms with Crippen molar-refractivity contribution in [3.63, 3.8) is 0 Å². The molecule has 2 N–H and O–H groups in total. The smallest absolute Gasteiger partial charge is 0.268 e. The largest absolute Gasteiger partial charge is 0.387 e. The molecule has 0 aliphatic rings. The number of carbonyl (C=O) groups is 1. The minimum atomic E-state index is -0.648. The molecule has 1 unspecified atom stereocenters. The van der Waals surface area contributed by atoms with Crippen LogP contribution in [0.3, 0.4) is 0 Å². The fourth-order valence-electron chi connectivity index (χ4n) is 1.92. The molecule has 2 heterocycles. The zero-order valence-electron chi connectivity index (χ0n) is 10.9. The molecule has 0 spiro atoms. The summed E-state index contributed by atoms with van der Waals surface area (Å²) in [6.45, 7) is 3.12. The average molecular weight is 278 g/mol. The second-order valence-electron chi connectivity index (χ2n) is 4.37. The van der Waals surface area contributed by atoms with Crippen molar-refractivity contribution in [3.8, 4) is 0 Å². The maximum absolute atomic E-state index is 12.0. The number of nitrogens with one attached hydrogen (secondary N) is 1. The topological polar surface area (TPSA) is 54.3 Å². The minimum absolute atomic E-state index is 0.146. The van der Waals surface area contributed by atoms with E-state index in [1.807, 2.05) is 33.7 Å². The van der Waals surface area contributed by atoms with Crippen LogP contribution in [0, 0.1) is 0 Å². The first-order valence-electron chi connectivity index (χ1n) is 6.36. The maximum Gasteiger partial charge on any atom is 0.268 e. The first kappa shape index (κ1) is 13.8. The first-order valence-corrected chi connectivity index (χ1v) is 7.30. The fourth-order valence-corrected chi connectivity index (χ4v) is 2.63. The monoisotopic (exact) mass is 278 g/mol. The van der Waals surface area contributed by atoms with Crippen molar-refractivity contribution < 1.29 is 9.90 Å². The van der Waals surface area contributed by atoms with Crippen molar-refractivity contribution in [2.24, 2.45) is 0 Å². The van der Waals surface area contributed by atoms with E-state index in [0.717, 1.165) is 18.5 Å². The number of hydrogen-bond donors (Lipinski definition) is 2. The fraction of sp³-hybridized carbons (Fsp3) is 0.357. The number of aryl methyl sites for hydroxylation is 1. The van der Waals surface area contributed by atoms with Crippen molar-refractivity contribution in [1.29, 1.82) is 0 Å². The van der Waals surface area contributed by atoms with E-state index in [1.54, 1.807) is 6.07 Å². The standard InChI is InChI=1S/C14H18N2O2S/c1-2-6-16-7-3-4-12(16)14(18)15-9-13(17)11-5-8-19-10-11/h3-5,7-8,10,13,17H,2,6,9H2,1H3,(H,15,18). The quantitative estimate of drug-likeness (QED) is 0.852. The Bertz CT molecular complexity index is 519. The molecule has 0 aliphatic carbocycles. The third kappa shape index (κ3) is 3.45. The van der Waals surface area contributed by atoms with Crippen LogP contribution in [0.2, 0.25) is 0 Å².